The topological polar surface area (TPSA) is 106 Å². The smallest absolute Gasteiger partial charge is 0.282 e. The first-order chi connectivity index (χ1) is 13.3. The second-order valence-electron chi connectivity index (χ2n) is 6.30. The van der Waals surface area contributed by atoms with E-state index in [-0.39, 0.29) is 41.3 Å². The van der Waals surface area contributed by atoms with Gasteiger partial charge < -0.3 is 14.8 Å². The number of carbonyl (C=O) groups excluding carboxylic acids is 1. The number of anilines is 2. The minimum absolute atomic E-state index is 0.0249. The number of nitrogens with zero attached hydrogens (tertiary/aromatic N) is 1. The number of hydroxylamine groups is 1. The second-order valence-corrected chi connectivity index (χ2v) is 6.30. The van der Waals surface area contributed by atoms with Gasteiger partial charge in [0.05, 0.1) is 24.3 Å². The van der Waals surface area contributed by atoms with E-state index in [1.165, 1.54) is 29.8 Å². The summed E-state index contributed by atoms with van der Waals surface area (Å²) in [6.45, 7) is 2.99. The number of pyridine rings is 1. The van der Waals surface area contributed by atoms with Crippen LogP contribution in [0.25, 0.3) is 11.0 Å². The summed E-state index contributed by atoms with van der Waals surface area (Å²) in [5, 5.41) is 11.8. The standard InChI is InChI=1S/C19H20FN3O5/c1-10-4-5-14(13(20)8-10)21-17-15(18(25)22-27-7-6-24)16-12(9-11(2)28-16)19(26)23(17)3/h4-5,8-9,21,24H,6-7H2,1-3H3,(H,22,25). The van der Waals surface area contributed by atoms with Crippen LogP contribution in [0.3, 0.4) is 0 Å². The van der Waals surface area contributed by atoms with Crippen LogP contribution < -0.4 is 16.4 Å². The molecular weight excluding hydrogens is 369 g/mol. The lowest BCUT2D eigenvalue weighted by Crippen LogP contribution is -2.29. The van der Waals surface area contributed by atoms with Crippen molar-refractivity contribution in [3.05, 3.63) is 57.3 Å². The quantitative estimate of drug-likeness (QED) is 0.441. The lowest BCUT2D eigenvalue weighted by atomic mass is 10.1. The van der Waals surface area contributed by atoms with Gasteiger partial charge in [-0.2, -0.15) is 0 Å². The first-order valence-corrected chi connectivity index (χ1v) is 8.52. The van der Waals surface area contributed by atoms with Gasteiger partial charge in [-0.15, -0.1) is 0 Å². The molecule has 0 saturated carbocycles. The Balaban J connectivity index is 2.19. The number of amides is 1. The van der Waals surface area contributed by atoms with Crippen LogP contribution in [0.15, 0.2) is 33.5 Å². The van der Waals surface area contributed by atoms with Gasteiger partial charge in [0.1, 0.15) is 23.0 Å². The summed E-state index contributed by atoms with van der Waals surface area (Å²) in [7, 11) is 1.46. The van der Waals surface area contributed by atoms with Crippen LogP contribution in [0.4, 0.5) is 15.9 Å². The van der Waals surface area contributed by atoms with Gasteiger partial charge in [-0.05, 0) is 37.6 Å². The average Bonchev–Trinajstić information content (AvgIpc) is 3.03. The molecule has 8 nitrogen and oxygen atoms in total. The maximum atomic E-state index is 14.3. The summed E-state index contributed by atoms with van der Waals surface area (Å²) in [5.41, 5.74) is 2.63. The van der Waals surface area contributed by atoms with Gasteiger partial charge in [0, 0.05) is 7.05 Å². The van der Waals surface area contributed by atoms with Crippen LogP contribution in [0.5, 0.6) is 0 Å². The van der Waals surface area contributed by atoms with E-state index in [0.717, 1.165) is 5.56 Å². The van der Waals surface area contributed by atoms with Gasteiger partial charge in [0.15, 0.2) is 5.58 Å². The summed E-state index contributed by atoms with van der Waals surface area (Å²) in [4.78, 5) is 30.3. The largest absolute Gasteiger partial charge is 0.460 e. The van der Waals surface area contributed by atoms with Gasteiger partial charge in [-0.25, -0.2) is 9.87 Å². The van der Waals surface area contributed by atoms with Crippen molar-refractivity contribution in [1.82, 2.24) is 10.0 Å². The molecule has 28 heavy (non-hydrogen) atoms. The van der Waals surface area contributed by atoms with Gasteiger partial charge in [0.25, 0.3) is 11.5 Å². The van der Waals surface area contributed by atoms with Crippen LogP contribution in [0.1, 0.15) is 21.7 Å². The number of benzene rings is 1. The molecule has 0 unspecified atom stereocenters. The zero-order valence-electron chi connectivity index (χ0n) is 15.6. The highest BCUT2D eigenvalue weighted by molar-refractivity contribution is 6.09. The number of rotatable bonds is 6. The normalized spacial score (nSPS) is 11.0. The fourth-order valence-electron chi connectivity index (χ4n) is 2.84. The average molecular weight is 389 g/mol. The molecule has 0 saturated heterocycles. The minimum atomic E-state index is -0.710. The SMILES string of the molecule is Cc1ccc(Nc2c(C(=O)NOCCO)c3oc(C)cc3c(=O)n2C)c(F)c1. The van der Waals surface area contributed by atoms with Crippen molar-refractivity contribution in [2.45, 2.75) is 13.8 Å². The van der Waals surface area contributed by atoms with E-state index in [2.05, 4.69) is 10.8 Å². The van der Waals surface area contributed by atoms with Crippen molar-refractivity contribution in [3.8, 4) is 0 Å². The van der Waals surface area contributed by atoms with Crippen LogP contribution in [-0.2, 0) is 11.9 Å². The third kappa shape index (κ3) is 3.62. The van der Waals surface area contributed by atoms with Crippen molar-refractivity contribution in [2.24, 2.45) is 7.05 Å². The van der Waals surface area contributed by atoms with Crippen molar-refractivity contribution in [3.63, 3.8) is 0 Å². The molecule has 9 heteroatoms. The Bertz CT molecular complexity index is 1100. The van der Waals surface area contributed by atoms with E-state index in [9.17, 15) is 14.0 Å². The third-order valence-corrected chi connectivity index (χ3v) is 4.15. The number of halogens is 1. The van der Waals surface area contributed by atoms with Crippen LogP contribution >= 0.6 is 0 Å². The fraction of sp³-hybridized carbons (Fsp3) is 0.263. The molecule has 0 aliphatic heterocycles. The molecule has 1 aromatic carbocycles. The first kappa shape index (κ1) is 19.6. The zero-order valence-corrected chi connectivity index (χ0v) is 15.6. The lowest BCUT2D eigenvalue weighted by Gasteiger charge is -2.17. The van der Waals surface area contributed by atoms with Crippen molar-refractivity contribution in [2.75, 3.05) is 18.5 Å². The molecular formula is C19H20FN3O5. The predicted molar refractivity (Wildman–Crippen MR) is 101 cm³/mol. The highest BCUT2D eigenvalue weighted by atomic mass is 19.1. The number of aliphatic hydroxyl groups excluding tert-OH is 1. The molecule has 0 bridgehead atoms. The molecule has 2 aromatic heterocycles. The molecule has 148 valence electrons. The minimum Gasteiger partial charge on any atom is -0.460 e. The van der Waals surface area contributed by atoms with Crippen molar-refractivity contribution < 1.29 is 23.5 Å². The molecule has 0 aliphatic carbocycles. The molecule has 3 rings (SSSR count). The van der Waals surface area contributed by atoms with E-state index in [1.54, 1.807) is 19.9 Å². The number of hydrogen-bond acceptors (Lipinski definition) is 6. The molecule has 3 aromatic rings. The highest BCUT2D eigenvalue weighted by Gasteiger charge is 2.25. The van der Waals surface area contributed by atoms with Gasteiger partial charge >= 0.3 is 0 Å². The number of nitrogens with one attached hydrogen (secondary N) is 2. The number of aryl methyl sites for hydroxylation is 2. The molecule has 0 radical (unpaired) electrons. The summed E-state index contributed by atoms with van der Waals surface area (Å²) < 4.78 is 21.1. The van der Waals surface area contributed by atoms with E-state index < -0.39 is 17.3 Å². The van der Waals surface area contributed by atoms with E-state index in [4.69, 9.17) is 14.4 Å². The Kier molecular flexibility index (Phi) is 5.48. The molecule has 2 heterocycles. The number of hydrogen-bond donors (Lipinski definition) is 3. The maximum Gasteiger partial charge on any atom is 0.282 e. The number of carbonyl (C=O) groups is 1. The Morgan fingerprint density at radius 1 is 1.32 bits per heavy atom. The maximum absolute atomic E-state index is 14.3. The molecule has 0 atom stereocenters. The summed E-state index contributed by atoms with van der Waals surface area (Å²) >= 11 is 0. The van der Waals surface area contributed by atoms with Crippen LogP contribution in [-0.4, -0.2) is 28.8 Å². The number of aliphatic hydroxyl groups is 1. The van der Waals surface area contributed by atoms with Crippen LogP contribution in [0.2, 0.25) is 0 Å². The summed E-state index contributed by atoms with van der Waals surface area (Å²) in [6.07, 6.45) is 0. The highest BCUT2D eigenvalue weighted by Crippen LogP contribution is 2.29. The van der Waals surface area contributed by atoms with E-state index >= 15 is 0 Å². The van der Waals surface area contributed by atoms with Gasteiger partial charge in [-0.3, -0.25) is 19.0 Å². The summed E-state index contributed by atoms with van der Waals surface area (Å²) in [6, 6.07) is 6.07. The molecule has 0 aliphatic rings. The monoisotopic (exact) mass is 389 g/mol. The van der Waals surface area contributed by atoms with E-state index in [0.29, 0.717) is 5.76 Å². The zero-order chi connectivity index (χ0) is 20.4. The molecule has 3 N–H and O–H groups in total. The summed E-state index contributed by atoms with van der Waals surface area (Å²) in [5.74, 6) is -0.764. The number of aromatic nitrogens is 1. The van der Waals surface area contributed by atoms with Crippen molar-refractivity contribution in [1.29, 1.82) is 0 Å². The van der Waals surface area contributed by atoms with Gasteiger partial charge in [0.2, 0.25) is 0 Å². The van der Waals surface area contributed by atoms with E-state index in [1.807, 2.05) is 0 Å². The predicted octanol–water partition coefficient (Wildman–Crippen LogP) is 2.28. The van der Waals surface area contributed by atoms with Gasteiger partial charge in [-0.1, -0.05) is 6.07 Å². The lowest BCUT2D eigenvalue weighted by molar-refractivity contribution is 0.0169. The number of furan rings is 1. The Labute approximate surface area is 159 Å². The number of fused-ring (bicyclic) bond motifs is 1. The molecule has 1 amide bonds. The first-order valence-electron chi connectivity index (χ1n) is 8.52. The Morgan fingerprint density at radius 3 is 2.75 bits per heavy atom. The third-order valence-electron chi connectivity index (χ3n) is 4.15. The fourth-order valence-corrected chi connectivity index (χ4v) is 2.84. The Hall–Kier alpha value is -3.17. The Morgan fingerprint density at radius 2 is 2.07 bits per heavy atom. The van der Waals surface area contributed by atoms with Crippen LogP contribution in [0, 0.1) is 19.7 Å². The second kappa shape index (κ2) is 7.83. The van der Waals surface area contributed by atoms with Crippen molar-refractivity contribution >= 4 is 28.4 Å². The molecule has 0 spiro atoms. The molecule has 0 fully saturated rings.